The van der Waals surface area contributed by atoms with Gasteiger partial charge in [0.05, 0.1) is 11.9 Å². The Bertz CT molecular complexity index is 791. The fraction of sp³-hybridized carbons (Fsp3) is 0.611. The van der Waals surface area contributed by atoms with Gasteiger partial charge in [0.15, 0.2) is 0 Å². The van der Waals surface area contributed by atoms with Crippen LogP contribution in [0.2, 0.25) is 0 Å². The lowest BCUT2D eigenvalue weighted by molar-refractivity contribution is 0.130. The van der Waals surface area contributed by atoms with Crippen molar-refractivity contribution >= 4 is 27.4 Å². The second kappa shape index (κ2) is 5.90. The summed E-state index contributed by atoms with van der Waals surface area (Å²) in [7, 11) is -3.34. The zero-order valence-corrected chi connectivity index (χ0v) is 16.1. The summed E-state index contributed by atoms with van der Waals surface area (Å²) in [5.41, 5.74) is 1.47. The molecule has 2 fully saturated rings. The third-order valence-electron chi connectivity index (χ3n) is 5.09. The highest BCUT2D eigenvalue weighted by atomic mass is 32.2. The normalized spacial score (nSPS) is 27.8. The van der Waals surface area contributed by atoms with Crippen LogP contribution in [0.15, 0.2) is 24.3 Å². The maximum absolute atomic E-state index is 12.8. The first-order valence-electron chi connectivity index (χ1n) is 8.60. The maximum atomic E-state index is 12.8. The highest BCUT2D eigenvalue weighted by Crippen LogP contribution is 2.52. The number of hydrogen-bond donors (Lipinski definition) is 2. The van der Waals surface area contributed by atoms with Crippen LogP contribution in [0.5, 0.6) is 0 Å². The van der Waals surface area contributed by atoms with Gasteiger partial charge < -0.3 is 10.2 Å². The number of hydrogen-bond acceptors (Lipinski definition) is 3. The number of likely N-dealkylation sites (tertiary alicyclic amines) is 1. The first kappa shape index (κ1) is 18.0. The quantitative estimate of drug-likeness (QED) is 0.860. The standard InChI is InChI=1S/C18H27N3O3S/c1-17(2)9-15-10-18(3,11-17)12-21(15)16(22)19-13-6-5-7-14(8-13)20-25(4,23)24/h5-8,15,20H,9-12H2,1-4H3,(H,19,22)/t15-,18-/m1/s1. The lowest BCUT2D eigenvalue weighted by atomic mass is 9.65. The summed E-state index contributed by atoms with van der Waals surface area (Å²) in [6.45, 7) is 7.59. The number of carbonyl (C=O) groups excluding carboxylic acids is 1. The molecule has 2 amide bonds. The van der Waals surface area contributed by atoms with Crippen molar-refractivity contribution in [1.29, 1.82) is 0 Å². The highest BCUT2D eigenvalue weighted by Gasteiger charge is 2.50. The molecule has 1 heterocycles. The van der Waals surface area contributed by atoms with Gasteiger partial charge in [-0.2, -0.15) is 0 Å². The van der Waals surface area contributed by atoms with Gasteiger partial charge in [-0.3, -0.25) is 4.72 Å². The number of anilines is 2. The van der Waals surface area contributed by atoms with Crippen molar-refractivity contribution in [2.45, 2.75) is 46.1 Å². The second-order valence-electron chi connectivity index (χ2n) is 8.73. The molecule has 0 radical (unpaired) electrons. The van der Waals surface area contributed by atoms with E-state index in [1.54, 1.807) is 24.3 Å². The molecule has 6 nitrogen and oxygen atoms in total. The lowest BCUT2D eigenvalue weighted by Crippen LogP contribution is -2.40. The van der Waals surface area contributed by atoms with Gasteiger partial charge in [-0.05, 0) is 48.3 Å². The molecule has 2 aliphatic rings. The third kappa shape index (κ3) is 4.26. The van der Waals surface area contributed by atoms with Crippen molar-refractivity contribution in [2.75, 3.05) is 22.8 Å². The van der Waals surface area contributed by atoms with Gasteiger partial charge in [0.25, 0.3) is 0 Å². The molecule has 0 spiro atoms. The van der Waals surface area contributed by atoms with E-state index in [0.717, 1.165) is 32.1 Å². The number of fused-ring (bicyclic) bond motifs is 2. The van der Waals surface area contributed by atoms with E-state index in [4.69, 9.17) is 0 Å². The molecule has 1 aromatic rings. The molecular weight excluding hydrogens is 338 g/mol. The molecule has 2 bridgehead atoms. The molecule has 3 rings (SSSR count). The van der Waals surface area contributed by atoms with Gasteiger partial charge in [-0.15, -0.1) is 0 Å². The van der Waals surface area contributed by atoms with E-state index in [2.05, 4.69) is 30.8 Å². The van der Waals surface area contributed by atoms with E-state index in [9.17, 15) is 13.2 Å². The summed E-state index contributed by atoms with van der Waals surface area (Å²) in [6.07, 6.45) is 4.31. The van der Waals surface area contributed by atoms with Crippen LogP contribution in [-0.4, -0.2) is 38.2 Å². The van der Waals surface area contributed by atoms with Crippen molar-refractivity contribution < 1.29 is 13.2 Å². The summed E-state index contributed by atoms with van der Waals surface area (Å²) in [5.74, 6) is 0. The second-order valence-corrected chi connectivity index (χ2v) is 10.5. The molecule has 138 valence electrons. The Hall–Kier alpha value is -1.76. The molecule has 2 N–H and O–H groups in total. The highest BCUT2D eigenvalue weighted by molar-refractivity contribution is 7.92. The van der Waals surface area contributed by atoms with E-state index < -0.39 is 10.0 Å². The largest absolute Gasteiger partial charge is 0.322 e. The van der Waals surface area contributed by atoms with Gasteiger partial charge in [-0.25, -0.2) is 13.2 Å². The topological polar surface area (TPSA) is 78.5 Å². The molecule has 1 aromatic carbocycles. The Balaban J connectivity index is 1.72. The number of benzene rings is 1. The minimum Gasteiger partial charge on any atom is -0.321 e. The predicted octanol–water partition coefficient (Wildman–Crippen LogP) is 3.49. The van der Waals surface area contributed by atoms with Crippen LogP contribution in [0.25, 0.3) is 0 Å². The molecule has 25 heavy (non-hydrogen) atoms. The summed E-state index contributed by atoms with van der Waals surface area (Å²) in [4.78, 5) is 14.7. The van der Waals surface area contributed by atoms with Crippen molar-refractivity contribution in [3.05, 3.63) is 24.3 Å². The van der Waals surface area contributed by atoms with Gasteiger partial charge in [0.2, 0.25) is 10.0 Å². The van der Waals surface area contributed by atoms with Crippen LogP contribution in [0, 0.1) is 10.8 Å². The third-order valence-corrected chi connectivity index (χ3v) is 5.70. The molecular formula is C18H27N3O3S. The number of amides is 2. The van der Waals surface area contributed by atoms with Crippen LogP contribution in [0.1, 0.15) is 40.0 Å². The molecule has 0 aromatic heterocycles. The molecule has 2 atom stereocenters. The van der Waals surface area contributed by atoms with Crippen LogP contribution < -0.4 is 10.0 Å². The predicted molar refractivity (Wildman–Crippen MR) is 100 cm³/mol. The number of carbonyl (C=O) groups is 1. The smallest absolute Gasteiger partial charge is 0.321 e. The van der Waals surface area contributed by atoms with Crippen molar-refractivity contribution in [3.63, 3.8) is 0 Å². The summed E-state index contributed by atoms with van der Waals surface area (Å²) >= 11 is 0. The molecule has 1 aliphatic carbocycles. The molecule has 1 saturated heterocycles. The molecule has 0 unspecified atom stereocenters. The zero-order chi connectivity index (χ0) is 18.5. The average molecular weight is 365 g/mol. The SMILES string of the molecule is CC1(C)C[C@@H]2C[C@@](C)(CN2C(=O)Nc2cccc(NS(C)(=O)=O)c2)C1. The maximum Gasteiger partial charge on any atom is 0.322 e. The van der Waals surface area contributed by atoms with Crippen LogP contribution in [0.3, 0.4) is 0 Å². The minimum absolute atomic E-state index is 0.108. The monoisotopic (exact) mass is 365 g/mol. The number of sulfonamides is 1. The molecule has 1 saturated carbocycles. The lowest BCUT2D eigenvalue weighted by Gasteiger charge is -2.39. The van der Waals surface area contributed by atoms with E-state index in [0.29, 0.717) is 11.4 Å². The van der Waals surface area contributed by atoms with Crippen molar-refractivity contribution in [2.24, 2.45) is 10.8 Å². The average Bonchev–Trinajstić information content (AvgIpc) is 2.66. The van der Waals surface area contributed by atoms with Crippen molar-refractivity contribution in [1.82, 2.24) is 4.90 Å². The Labute approximate surface area is 150 Å². The van der Waals surface area contributed by atoms with Gasteiger partial charge >= 0.3 is 6.03 Å². The van der Waals surface area contributed by atoms with Crippen LogP contribution in [0.4, 0.5) is 16.2 Å². The van der Waals surface area contributed by atoms with Gasteiger partial charge in [0, 0.05) is 18.3 Å². The fourth-order valence-electron chi connectivity index (χ4n) is 4.77. The van der Waals surface area contributed by atoms with Crippen LogP contribution in [-0.2, 0) is 10.0 Å². The Morgan fingerprint density at radius 3 is 2.56 bits per heavy atom. The van der Waals surface area contributed by atoms with Gasteiger partial charge in [0.1, 0.15) is 0 Å². The number of nitrogens with zero attached hydrogens (tertiary/aromatic N) is 1. The van der Waals surface area contributed by atoms with Crippen molar-refractivity contribution in [3.8, 4) is 0 Å². The fourth-order valence-corrected chi connectivity index (χ4v) is 5.32. The van der Waals surface area contributed by atoms with E-state index in [-0.39, 0.29) is 22.9 Å². The summed E-state index contributed by atoms with van der Waals surface area (Å²) in [6, 6.07) is 6.93. The first-order chi connectivity index (χ1) is 11.4. The van der Waals surface area contributed by atoms with E-state index in [1.165, 1.54) is 0 Å². The Kier molecular flexibility index (Phi) is 4.26. The van der Waals surface area contributed by atoms with Gasteiger partial charge in [-0.1, -0.05) is 26.8 Å². The Morgan fingerprint density at radius 1 is 1.20 bits per heavy atom. The molecule has 7 heteroatoms. The first-order valence-corrected chi connectivity index (χ1v) is 10.5. The summed E-state index contributed by atoms with van der Waals surface area (Å²) < 4.78 is 25.1. The number of rotatable bonds is 3. The summed E-state index contributed by atoms with van der Waals surface area (Å²) in [5, 5.41) is 2.92. The zero-order valence-electron chi connectivity index (χ0n) is 15.3. The number of nitrogens with one attached hydrogen (secondary N) is 2. The minimum atomic E-state index is -3.34. The van der Waals surface area contributed by atoms with Crippen LogP contribution >= 0.6 is 0 Å². The van der Waals surface area contributed by atoms with E-state index in [1.807, 2.05) is 4.90 Å². The van der Waals surface area contributed by atoms with E-state index >= 15 is 0 Å². The number of urea groups is 1. The molecule has 1 aliphatic heterocycles. The Morgan fingerprint density at radius 2 is 1.88 bits per heavy atom.